The third-order valence-corrected chi connectivity index (χ3v) is 5.41. The normalized spacial score (nSPS) is 13.7. The number of rotatable bonds is 6. The molecule has 31 heavy (non-hydrogen) atoms. The van der Waals surface area contributed by atoms with E-state index < -0.39 is 0 Å². The van der Waals surface area contributed by atoms with Crippen molar-refractivity contribution < 1.29 is 23.3 Å². The molecular weight excluding hydrogens is 397 g/mol. The quantitative estimate of drug-likeness (QED) is 0.563. The fraction of sp³-hybridized carbons (Fsp3) is 0.280. The lowest BCUT2D eigenvalue weighted by Crippen LogP contribution is -2.25. The number of halogens is 1. The van der Waals surface area contributed by atoms with Gasteiger partial charge >= 0.3 is 0 Å². The Morgan fingerprint density at radius 2 is 1.61 bits per heavy atom. The van der Waals surface area contributed by atoms with E-state index in [0.29, 0.717) is 36.9 Å². The van der Waals surface area contributed by atoms with Gasteiger partial charge in [0.2, 0.25) is 0 Å². The van der Waals surface area contributed by atoms with Gasteiger partial charge in [0.25, 0.3) is 0 Å². The summed E-state index contributed by atoms with van der Waals surface area (Å²) >= 11 is 0. The standard InChI is InChI=1S/C25H26FNO4/c1-28-21-8-5-9-22(29-2)24(21)18-13-19-16-27(15-17-6-4-7-20(26)12-17)10-11-31-25(19)23(14-18)30-3/h4-9,12-14H,10-11,15-16H2,1-3H3. The van der Waals surface area contributed by atoms with Crippen molar-refractivity contribution in [2.75, 3.05) is 34.5 Å². The van der Waals surface area contributed by atoms with Crippen LogP contribution in [0.5, 0.6) is 23.0 Å². The number of ether oxygens (including phenoxy) is 4. The molecule has 1 aliphatic heterocycles. The van der Waals surface area contributed by atoms with Gasteiger partial charge in [-0.25, -0.2) is 4.39 Å². The number of benzene rings is 3. The van der Waals surface area contributed by atoms with Gasteiger partial charge < -0.3 is 18.9 Å². The van der Waals surface area contributed by atoms with Gasteiger partial charge in [-0.2, -0.15) is 0 Å². The van der Waals surface area contributed by atoms with Gasteiger partial charge in [0.1, 0.15) is 23.9 Å². The summed E-state index contributed by atoms with van der Waals surface area (Å²) < 4.78 is 36.6. The minimum atomic E-state index is -0.226. The number of methoxy groups -OCH3 is 3. The second-order valence-corrected chi connectivity index (χ2v) is 7.39. The fourth-order valence-electron chi connectivity index (χ4n) is 4.00. The Balaban J connectivity index is 1.74. The topological polar surface area (TPSA) is 40.2 Å². The molecule has 5 nitrogen and oxygen atoms in total. The Hall–Kier alpha value is -3.25. The molecule has 1 aliphatic rings. The third kappa shape index (κ3) is 4.44. The Kier molecular flexibility index (Phi) is 6.28. The highest BCUT2D eigenvalue weighted by molar-refractivity contribution is 5.79. The molecule has 0 N–H and O–H groups in total. The van der Waals surface area contributed by atoms with E-state index in [1.54, 1.807) is 33.5 Å². The molecule has 6 heteroatoms. The second-order valence-electron chi connectivity index (χ2n) is 7.39. The lowest BCUT2D eigenvalue weighted by atomic mass is 9.99. The molecule has 0 aromatic heterocycles. The maximum Gasteiger partial charge on any atom is 0.165 e. The van der Waals surface area contributed by atoms with Crippen molar-refractivity contribution >= 4 is 0 Å². The maximum atomic E-state index is 13.6. The van der Waals surface area contributed by atoms with Gasteiger partial charge in [-0.1, -0.05) is 18.2 Å². The van der Waals surface area contributed by atoms with E-state index >= 15 is 0 Å². The minimum Gasteiger partial charge on any atom is -0.496 e. The largest absolute Gasteiger partial charge is 0.496 e. The molecule has 1 heterocycles. The predicted octanol–water partition coefficient (Wildman–Crippen LogP) is 4.91. The lowest BCUT2D eigenvalue weighted by molar-refractivity contribution is 0.216. The number of nitrogens with zero attached hydrogens (tertiary/aromatic N) is 1. The SMILES string of the molecule is COc1cc(-c2c(OC)cccc2OC)cc2c1OCCN(Cc1cccc(F)c1)C2. The van der Waals surface area contributed by atoms with Gasteiger partial charge in [0.15, 0.2) is 11.5 Å². The van der Waals surface area contributed by atoms with Crippen LogP contribution in [-0.2, 0) is 13.1 Å². The van der Waals surface area contributed by atoms with Crippen LogP contribution < -0.4 is 18.9 Å². The van der Waals surface area contributed by atoms with Crippen molar-refractivity contribution in [2.24, 2.45) is 0 Å². The van der Waals surface area contributed by atoms with Crippen molar-refractivity contribution in [2.45, 2.75) is 13.1 Å². The Morgan fingerprint density at radius 3 is 2.29 bits per heavy atom. The van der Waals surface area contributed by atoms with Crippen molar-refractivity contribution in [1.29, 1.82) is 0 Å². The minimum absolute atomic E-state index is 0.226. The monoisotopic (exact) mass is 423 g/mol. The molecule has 0 atom stereocenters. The summed E-state index contributed by atoms with van der Waals surface area (Å²) in [5.74, 6) is 2.60. The van der Waals surface area contributed by atoms with Crippen molar-refractivity contribution in [3.8, 4) is 34.1 Å². The van der Waals surface area contributed by atoms with Gasteiger partial charge in [-0.15, -0.1) is 0 Å². The maximum absolute atomic E-state index is 13.6. The van der Waals surface area contributed by atoms with Crippen LogP contribution in [0.15, 0.2) is 54.6 Å². The first-order chi connectivity index (χ1) is 15.1. The molecular formula is C25H26FNO4. The van der Waals surface area contributed by atoms with Crippen LogP contribution >= 0.6 is 0 Å². The summed E-state index contributed by atoms with van der Waals surface area (Å²) in [4.78, 5) is 2.24. The van der Waals surface area contributed by atoms with Crippen molar-refractivity contribution in [3.05, 3.63) is 71.5 Å². The summed E-state index contributed by atoms with van der Waals surface area (Å²) in [5, 5.41) is 0. The molecule has 0 saturated carbocycles. The Labute approximate surface area is 181 Å². The van der Waals surface area contributed by atoms with Gasteiger partial charge in [-0.05, 0) is 47.5 Å². The first-order valence-electron chi connectivity index (χ1n) is 10.1. The van der Waals surface area contributed by atoms with Crippen LogP contribution in [0.2, 0.25) is 0 Å². The zero-order valence-electron chi connectivity index (χ0n) is 18.0. The molecule has 162 valence electrons. The second kappa shape index (κ2) is 9.27. The molecule has 4 rings (SSSR count). The first kappa shape index (κ1) is 21.0. The highest BCUT2D eigenvalue weighted by Gasteiger charge is 2.23. The van der Waals surface area contributed by atoms with Crippen LogP contribution in [0.3, 0.4) is 0 Å². The summed E-state index contributed by atoms with van der Waals surface area (Å²) in [6.45, 7) is 2.52. The van der Waals surface area contributed by atoms with Crippen molar-refractivity contribution in [3.63, 3.8) is 0 Å². The smallest absolute Gasteiger partial charge is 0.165 e. The Bertz CT molecular complexity index is 1050. The first-order valence-corrected chi connectivity index (χ1v) is 10.1. The summed E-state index contributed by atoms with van der Waals surface area (Å²) in [5.41, 5.74) is 3.70. The van der Waals surface area contributed by atoms with Crippen molar-refractivity contribution in [1.82, 2.24) is 4.90 Å². The summed E-state index contributed by atoms with van der Waals surface area (Å²) in [7, 11) is 4.92. The van der Waals surface area contributed by atoms with Crippen LogP contribution in [-0.4, -0.2) is 39.4 Å². The van der Waals surface area contributed by atoms with Crippen LogP contribution in [0, 0.1) is 5.82 Å². The van der Waals surface area contributed by atoms with E-state index in [4.69, 9.17) is 18.9 Å². The van der Waals surface area contributed by atoms with E-state index in [-0.39, 0.29) is 5.82 Å². The van der Waals surface area contributed by atoms with Gasteiger partial charge in [0, 0.05) is 25.2 Å². The number of hydrogen-bond donors (Lipinski definition) is 0. The highest BCUT2D eigenvalue weighted by Crippen LogP contribution is 2.44. The van der Waals surface area contributed by atoms with Crippen LogP contribution in [0.4, 0.5) is 4.39 Å². The molecule has 3 aromatic carbocycles. The molecule has 3 aromatic rings. The molecule has 0 fully saturated rings. The fourth-order valence-corrected chi connectivity index (χ4v) is 4.00. The molecule has 0 radical (unpaired) electrons. The summed E-state index contributed by atoms with van der Waals surface area (Å²) in [6, 6.07) is 16.4. The molecule has 0 unspecified atom stereocenters. The number of fused-ring (bicyclic) bond motifs is 1. The van der Waals surface area contributed by atoms with E-state index in [2.05, 4.69) is 11.0 Å². The molecule has 0 saturated heterocycles. The summed E-state index contributed by atoms with van der Waals surface area (Å²) in [6.07, 6.45) is 0. The van der Waals surface area contributed by atoms with E-state index in [9.17, 15) is 4.39 Å². The van der Waals surface area contributed by atoms with Gasteiger partial charge in [-0.3, -0.25) is 4.90 Å². The molecule has 0 spiro atoms. The average molecular weight is 423 g/mol. The van der Waals surface area contributed by atoms with E-state index in [0.717, 1.165) is 34.5 Å². The van der Waals surface area contributed by atoms with E-state index in [1.807, 2.05) is 30.3 Å². The average Bonchev–Trinajstić information content (AvgIpc) is 2.99. The van der Waals surface area contributed by atoms with Crippen LogP contribution in [0.1, 0.15) is 11.1 Å². The molecule has 0 aliphatic carbocycles. The molecule has 0 amide bonds. The zero-order valence-corrected chi connectivity index (χ0v) is 18.0. The predicted molar refractivity (Wildman–Crippen MR) is 118 cm³/mol. The zero-order chi connectivity index (χ0) is 21.8. The van der Waals surface area contributed by atoms with E-state index in [1.165, 1.54) is 6.07 Å². The van der Waals surface area contributed by atoms with Gasteiger partial charge in [0.05, 0.1) is 26.9 Å². The molecule has 0 bridgehead atoms. The third-order valence-electron chi connectivity index (χ3n) is 5.41. The lowest BCUT2D eigenvalue weighted by Gasteiger charge is -2.20. The highest BCUT2D eigenvalue weighted by atomic mass is 19.1. The number of hydrogen-bond acceptors (Lipinski definition) is 5. The van der Waals surface area contributed by atoms with Crippen LogP contribution in [0.25, 0.3) is 11.1 Å². The Morgan fingerprint density at radius 1 is 0.903 bits per heavy atom.